The van der Waals surface area contributed by atoms with E-state index in [1.807, 2.05) is 0 Å². The molecule has 2 heteroatoms. The molecule has 8 aromatic carbocycles. The quantitative estimate of drug-likeness (QED) is 0.173. The van der Waals surface area contributed by atoms with E-state index < -0.39 is 0 Å². The molecule has 11 rings (SSSR count). The maximum atomic E-state index is 2.47. The molecule has 2 nitrogen and oxygen atoms in total. The van der Waals surface area contributed by atoms with E-state index in [-0.39, 0.29) is 10.8 Å². The SMILES string of the molecule is CC1(C)c2ccccc2-c2ccc(N(c3ccccc3)c3ccc4c(c3)c3cc(C5(C)c6ccccc6-c6ccccc65)ccc3n4-c3ccccc3)cc21. The zero-order valence-corrected chi connectivity index (χ0v) is 31.3. The fourth-order valence-electron chi connectivity index (χ4n) is 9.94. The number of benzene rings is 8. The third kappa shape index (κ3) is 4.49. The minimum atomic E-state index is -0.287. The van der Waals surface area contributed by atoms with Gasteiger partial charge in [0.2, 0.25) is 0 Å². The normalized spacial score (nSPS) is 14.4. The Bertz CT molecular complexity index is 2920. The average molecular weight is 705 g/mol. The molecule has 0 spiro atoms. The molecule has 0 aliphatic heterocycles. The molecular weight excluding hydrogens is 665 g/mol. The number of nitrogens with zero attached hydrogens (tertiary/aromatic N) is 2. The summed E-state index contributed by atoms with van der Waals surface area (Å²) in [5, 5.41) is 2.48. The number of anilines is 3. The first-order chi connectivity index (χ1) is 26.9. The molecule has 1 heterocycles. The highest BCUT2D eigenvalue weighted by Crippen LogP contribution is 2.54. The second-order valence-corrected chi connectivity index (χ2v) is 15.9. The third-order valence-electron chi connectivity index (χ3n) is 12.7. The molecule has 0 radical (unpaired) electrons. The molecule has 55 heavy (non-hydrogen) atoms. The Kier molecular flexibility index (Phi) is 6.76. The first-order valence-electron chi connectivity index (χ1n) is 19.4. The summed E-state index contributed by atoms with van der Waals surface area (Å²) >= 11 is 0. The number of fused-ring (bicyclic) bond motifs is 9. The van der Waals surface area contributed by atoms with Gasteiger partial charge in [0.1, 0.15) is 0 Å². The summed E-state index contributed by atoms with van der Waals surface area (Å²) in [6, 6.07) is 69.7. The van der Waals surface area contributed by atoms with Crippen molar-refractivity contribution in [3.05, 3.63) is 216 Å². The Hall–Kier alpha value is -6.64. The smallest absolute Gasteiger partial charge is 0.0542 e. The van der Waals surface area contributed by atoms with Crippen molar-refractivity contribution in [2.24, 2.45) is 0 Å². The zero-order valence-electron chi connectivity index (χ0n) is 31.3. The van der Waals surface area contributed by atoms with Gasteiger partial charge in [0.15, 0.2) is 0 Å². The van der Waals surface area contributed by atoms with Crippen molar-refractivity contribution in [1.29, 1.82) is 0 Å². The maximum Gasteiger partial charge on any atom is 0.0542 e. The molecule has 262 valence electrons. The van der Waals surface area contributed by atoms with Crippen molar-refractivity contribution in [3.8, 4) is 27.9 Å². The molecule has 1 aromatic heterocycles. The summed E-state index contributed by atoms with van der Waals surface area (Å²) in [6.45, 7) is 7.13. The van der Waals surface area contributed by atoms with Crippen molar-refractivity contribution < 1.29 is 0 Å². The molecule has 0 N–H and O–H groups in total. The second-order valence-electron chi connectivity index (χ2n) is 15.9. The molecule has 0 saturated heterocycles. The molecule has 9 aromatic rings. The predicted octanol–water partition coefficient (Wildman–Crippen LogP) is 13.9. The maximum absolute atomic E-state index is 2.47. The van der Waals surface area contributed by atoms with Crippen LogP contribution in [-0.4, -0.2) is 4.57 Å². The van der Waals surface area contributed by atoms with E-state index in [1.54, 1.807) is 0 Å². The summed E-state index contributed by atoms with van der Waals surface area (Å²) in [5.74, 6) is 0. The molecule has 0 amide bonds. The fourth-order valence-corrected chi connectivity index (χ4v) is 9.94. The van der Waals surface area contributed by atoms with Crippen LogP contribution in [0.25, 0.3) is 49.7 Å². The minimum absolute atomic E-state index is 0.0959. The molecule has 2 aliphatic carbocycles. The van der Waals surface area contributed by atoms with E-state index in [2.05, 4.69) is 218 Å². The van der Waals surface area contributed by atoms with Crippen LogP contribution in [0.3, 0.4) is 0 Å². The molecular formula is C53H40N2. The van der Waals surface area contributed by atoms with Crippen LogP contribution >= 0.6 is 0 Å². The van der Waals surface area contributed by atoms with E-state index in [9.17, 15) is 0 Å². The number of hydrogen-bond acceptors (Lipinski definition) is 1. The number of aromatic nitrogens is 1. The first kappa shape index (κ1) is 31.8. The Balaban J connectivity index is 1.15. The van der Waals surface area contributed by atoms with Crippen LogP contribution in [-0.2, 0) is 10.8 Å². The molecule has 0 fully saturated rings. The molecule has 2 aliphatic rings. The number of rotatable bonds is 5. The van der Waals surface area contributed by atoms with Crippen molar-refractivity contribution in [1.82, 2.24) is 4.57 Å². The van der Waals surface area contributed by atoms with Gasteiger partial charge >= 0.3 is 0 Å². The van der Waals surface area contributed by atoms with Gasteiger partial charge in [-0.25, -0.2) is 0 Å². The third-order valence-corrected chi connectivity index (χ3v) is 12.7. The van der Waals surface area contributed by atoms with Gasteiger partial charge in [-0.3, -0.25) is 0 Å². The Morgan fingerprint density at radius 2 is 0.873 bits per heavy atom. The largest absolute Gasteiger partial charge is 0.310 e. The lowest BCUT2D eigenvalue weighted by atomic mass is 9.74. The van der Waals surface area contributed by atoms with Gasteiger partial charge in [-0.15, -0.1) is 0 Å². The predicted molar refractivity (Wildman–Crippen MR) is 230 cm³/mol. The van der Waals surface area contributed by atoms with E-state index in [1.165, 1.54) is 71.9 Å². The molecule has 0 atom stereocenters. The highest BCUT2D eigenvalue weighted by molar-refractivity contribution is 6.11. The summed E-state index contributed by atoms with van der Waals surface area (Å²) in [6.07, 6.45) is 0. The lowest BCUT2D eigenvalue weighted by Gasteiger charge is -2.28. The van der Waals surface area contributed by atoms with Crippen molar-refractivity contribution >= 4 is 38.9 Å². The van der Waals surface area contributed by atoms with E-state index in [0.717, 1.165) is 22.7 Å². The van der Waals surface area contributed by atoms with E-state index in [0.29, 0.717) is 0 Å². The van der Waals surface area contributed by atoms with Crippen LogP contribution in [0.2, 0.25) is 0 Å². The summed E-state index contributed by atoms with van der Waals surface area (Å²) < 4.78 is 2.43. The van der Waals surface area contributed by atoms with Gasteiger partial charge in [-0.05, 0) is 124 Å². The van der Waals surface area contributed by atoms with Gasteiger partial charge in [-0.2, -0.15) is 0 Å². The van der Waals surface area contributed by atoms with Gasteiger partial charge in [-0.1, -0.05) is 135 Å². The Morgan fingerprint density at radius 1 is 0.382 bits per heavy atom. The zero-order chi connectivity index (χ0) is 36.9. The molecule has 0 unspecified atom stereocenters. The first-order valence-corrected chi connectivity index (χ1v) is 19.4. The van der Waals surface area contributed by atoms with Crippen LogP contribution in [0.15, 0.2) is 188 Å². The van der Waals surface area contributed by atoms with Crippen LogP contribution in [0.4, 0.5) is 17.1 Å². The monoisotopic (exact) mass is 704 g/mol. The highest BCUT2D eigenvalue weighted by atomic mass is 15.1. The van der Waals surface area contributed by atoms with Gasteiger partial charge in [0, 0.05) is 44.4 Å². The van der Waals surface area contributed by atoms with Gasteiger partial charge in [0.05, 0.1) is 11.0 Å². The van der Waals surface area contributed by atoms with Crippen molar-refractivity contribution in [2.75, 3.05) is 4.90 Å². The average Bonchev–Trinajstić information content (AvgIpc) is 3.79. The Morgan fingerprint density at radius 3 is 1.55 bits per heavy atom. The van der Waals surface area contributed by atoms with Crippen LogP contribution in [0.5, 0.6) is 0 Å². The lowest BCUT2D eigenvalue weighted by Crippen LogP contribution is -2.22. The van der Waals surface area contributed by atoms with Gasteiger partial charge in [0.25, 0.3) is 0 Å². The highest BCUT2D eigenvalue weighted by Gasteiger charge is 2.41. The van der Waals surface area contributed by atoms with E-state index in [4.69, 9.17) is 0 Å². The summed E-state index contributed by atoms with van der Waals surface area (Å²) in [7, 11) is 0. The fraction of sp³-hybridized carbons (Fsp3) is 0.0943. The van der Waals surface area contributed by atoms with Crippen LogP contribution in [0, 0.1) is 0 Å². The molecule has 0 saturated carbocycles. The topological polar surface area (TPSA) is 8.17 Å². The van der Waals surface area contributed by atoms with Gasteiger partial charge < -0.3 is 9.47 Å². The lowest BCUT2D eigenvalue weighted by molar-refractivity contribution is 0.660. The standard InChI is InChI=1S/C53H40N2/c1-52(2)46-23-13-10-20-40(46)43-29-27-39(34-49(43)52)54(36-16-6-4-7-17-36)38-28-31-51-45(33-38)44-32-35(26-30-50(44)55(51)37-18-8-5-9-19-37)53(3)47-24-14-11-21-41(47)42-22-12-15-25-48(42)53/h4-34H,1-3H3. The van der Waals surface area contributed by atoms with Crippen LogP contribution in [0.1, 0.15) is 48.6 Å². The molecule has 0 bridgehead atoms. The minimum Gasteiger partial charge on any atom is -0.310 e. The second kappa shape index (κ2) is 11.7. The van der Waals surface area contributed by atoms with Crippen LogP contribution < -0.4 is 4.90 Å². The Labute approximate surface area is 322 Å². The number of hydrogen-bond donors (Lipinski definition) is 0. The summed E-state index contributed by atoms with van der Waals surface area (Å²) in [4.78, 5) is 2.43. The number of para-hydroxylation sites is 2. The van der Waals surface area contributed by atoms with E-state index >= 15 is 0 Å². The summed E-state index contributed by atoms with van der Waals surface area (Å²) in [5.41, 5.74) is 18.7. The van der Waals surface area contributed by atoms with Crippen molar-refractivity contribution in [3.63, 3.8) is 0 Å². The van der Waals surface area contributed by atoms with Crippen molar-refractivity contribution in [2.45, 2.75) is 31.6 Å².